The molecule has 0 aliphatic heterocycles. The van der Waals surface area contributed by atoms with E-state index in [1.807, 2.05) is 0 Å². The number of aromatic hydroxyl groups is 1. The third kappa shape index (κ3) is 1.66. The smallest absolute Gasteiger partial charge is 0.259 e. The summed E-state index contributed by atoms with van der Waals surface area (Å²) in [6.07, 6.45) is 0. The highest BCUT2D eigenvalue weighted by atomic mass is 19.1. The third-order valence-electron chi connectivity index (χ3n) is 1.69. The Morgan fingerprint density at radius 2 is 1.93 bits per heavy atom. The molecule has 0 radical (unpaired) electrons. The molecule has 1 rings (SSSR count). The van der Waals surface area contributed by atoms with Crippen LogP contribution in [0.5, 0.6) is 5.75 Å². The summed E-state index contributed by atoms with van der Waals surface area (Å²) in [5.74, 6) is -3.78. The van der Waals surface area contributed by atoms with Crippen molar-refractivity contribution in [2.45, 2.75) is 0 Å². The van der Waals surface area contributed by atoms with Crippen LogP contribution in [0.1, 0.15) is 10.4 Å². The predicted molar refractivity (Wildman–Crippen MR) is 46.0 cm³/mol. The van der Waals surface area contributed by atoms with Crippen LogP contribution in [0.15, 0.2) is 12.1 Å². The van der Waals surface area contributed by atoms with E-state index in [2.05, 4.69) is 0 Å². The Hall–Kier alpha value is -1.65. The summed E-state index contributed by atoms with van der Waals surface area (Å²) in [6.45, 7) is 0. The maximum absolute atomic E-state index is 13.1. The topological polar surface area (TPSA) is 40.5 Å². The van der Waals surface area contributed by atoms with Crippen LogP contribution in [0.2, 0.25) is 0 Å². The van der Waals surface area contributed by atoms with Crippen LogP contribution in [0, 0.1) is 11.6 Å². The zero-order valence-corrected chi connectivity index (χ0v) is 7.71. The molecular weight excluding hydrogens is 192 g/mol. The average molecular weight is 201 g/mol. The highest BCUT2D eigenvalue weighted by Crippen LogP contribution is 2.22. The fraction of sp³-hybridized carbons (Fsp3) is 0.222. The summed E-state index contributed by atoms with van der Waals surface area (Å²) >= 11 is 0. The largest absolute Gasteiger partial charge is 0.505 e. The maximum atomic E-state index is 13.1. The first-order chi connectivity index (χ1) is 6.45. The van der Waals surface area contributed by atoms with Gasteiger partial charge in [-0.15, -0.1) is 0 Å². The fourth-order valence-corrected chi connectivity index (χ4v) is 0.961. The second-order valence-corrected chi connectivity index (χ2v) is 2.96. The van der Waals surface area contributed by atoms with Gasteiger partial charge in [-0.25, -0.2) is 8.78 Å². The molecule has 0 aromatic heterocycles. The van der Waals surface area contributed by atoms with E-state index in [9.17, 15) is 13.6 Å². The summed E-state index contributed by atoms with van der Waals surface area (Å²) in [7, 11) is 2.73. The molecule has 0 unspecified atom stereocenters. The van der Waals surface area contributed by atoms with Gasteiger partial charge in [-0.2, -0.15) is 0 Å². The first-order valence-corrected chi connectivity index (χ1v) is 3.83. The van der Waals surface area contributed by atoms with Crippen molar-refractivity contribution in [3.63, 3.8) is 0 Å². The molecule has 0 bridgehead atoms. The lowest BCUT2D eigenvalue weighted by Crippen LogP contribution is -2.24. The number of benzene rings is 1. The Bertz CT molecular complexity index is 377. The van der Waals surface area contributed by atoms with E-state index in [-0.39, 0.29) is 0 Å². The molecule has 3 nitrogen and oxygen atoms in total. The lowest BCUT2D eigenvalue weighted by Gasteiger charge is -2.11. The quantitative estimate of drug-likeness (QED) is 0.745. The lowest BCUT2D eigenvalue weighted by atomic mass is 10.1. The van der Waals surface area contributed by atoms with Gasteiger partial charge < -0.3 is 10.0 Å². The molecule has 0 saturated heterocycles. The number of amides is 1. The van der Waals surface area contributed by atoms with Crippen LogP contribution < -0.4 is 0 Å². The second-order valence-electron chi connectivity index (χ2n) is 2.96. The molecule has 0 fully saturated rings. The van der Waals surface area contributed by atoms with Crippen LogP contribution in [0.4, 0.5) is 8.78 Å². The van der Waals surface area contributed by atoms with Crippen LogP contribution in [-0.4, -0.2) is 30.0 Å². The van der Waals surface area contributed by atoms with Crippen molar-refractivity contribution in [1.82, 2.24) is 4.90 Å². The summed E-state index contributed by atoms with van der Waals surface area (Å²) < 4.78 is 26.2. The van der Waals surface area contributed by atoms with Crippen molar-refractivity contribution in [2.24, 2.45) is 0 Å². The summed E-state index contributed by atoms with van der Waals surface area (Å²) in [5.41, 5.74) is -0.741. The highest BCUT2D eigenvalue weighted by Gasteiger charge is 2.21. The monoisotopic (exact) mass is 201 g/mol. The molecule has 0 atom stereocenters. The van der Waals surface area contributed by atoms with Crippen molar-refractivity contribution in [1.29, 1.82) is 0 Å². The van der Waals surface area contributed by atoms with E-state index >= 15 is 0 Å². The van der Waals surface area contributed by atoms with Gasteiger partial charge in [0.15, 0.2) is 11.6 Å². The number of halogens is 2. The minimum absolute atomic E-state index is 0.739. The Morgan fingerprint density at radius 3 is 2.43 bits per heavy atom. The van der Waals surface area contributed by atoms with Gasteiger partial charge in [0.25, 0.3) is 5.91 Å². The van der Waals surface area contributed by atoms with E-state index in [1.165, 1.54) is 14.1 Å². The number of hydrogen-bond donors (Lipinski definition) is 1. The van der Waals surface area contributed by atoms with Crippen molar-refractivity contribution in [3.8, 4) is 5.75 Å². The van der Waals surface area contributed by atoms with Crippen LogP contribution in [-0.2, 0) is 0 Å². The zero-order chi connectivity index (χ0) is 10.9. The molecule has 0 saturated carbocycles. The molecular formula is C9H9F2NO2. The first kappa shape index (κ1) is 10.4. The van der Waals surface area contributed by atoms with Gasteiger partial charge in [0.2, 0.25) is 0 Å². The van der Waals surface area contributed by atoms with Gasteiger partial charge in [0.05, 0.1) is 0 Å². The summed E-state index contributed by atoms with van der Waals surface area (Å²) in [4.78, 5) is 12.3. The minimum atomic E-state index is -1.23. The Morgan fingerprint density at radius 1 is 1.36 bits per heavy atom. The normalized spacial score (nSPS) is 10.0. The first-order valence-electron chi connectivity index (χ1n) is 3.83. The summed E-state index contributed by atoms with van der Waals surface area (Å²) in [5, 5.41) is 8.94. The maximum Gasteiger partial charge on any atom is 0.259 e. The van der Waals surface area contributed by atoms with Crippen molar-refractivity contribution in [3.05, 3.63) is 29.3 Å². The molecule has 14 heavy (non-hydrogen) atoms. The Kier molecular flexibility index (Phi) is 2.69. The SMILES string of the molecule is CN(C)C(=O)c1c(F)ccc(O)c1F. The van der Waals surface area contributed by atoms with E-state index in [0.717, 1.165) is 17.0 Å². The van der Waals surface area contributed by atoms with E-state index in [0.29, 0.717) is 0 Å². The summed E-state index contributed by atoms with van der Waals surface area (Å²) in [6, 6.07) is 1.70. The van der Waals surface area contributed by atoms with Crippen LogP contribution in [0.25, 0.3) is 0 Å². The molecule has 76 valence electrons. The molecule has 0 aliphatic rings. The molecule has 0 spiro atoms. The number of rotatable bonds is 1. The zero-order valence-electron chi connectivity index (χ0n) is 7.71. The molecule has 0 aliphatic carbocycles. The number of phenolic OH excluding ortho intramolecular Hbond substituents is 1. The van der Waals surface area contributed by atoms with Gasteiger partial charge in [-0.05, 0) is 12.1 Å². The molecule has 0 heterocycles. The van der Waals surface area contributed by atoms with Crippen molar-refractivity contribution in [2.75, 3.05) is 14.1 Å². The van der Waals surface area contributed by atoms with Crippen molar-refractivity contribution >= 4 is 5.91 Å². The molecule has 1 aromatic carbocycles. The van der Waals surface area contributed by atoms with Gasteiger partial charge >= 0.3 is 0 Å². The number of carbonyl (C=O) groups is 1. The van der Waals surface area contributed by atoms with Crippen LogP contribution in [0.3, 0.4) is 0 Å². The number of phenols is 1. The Balaban J connectivity index is 3.33. The van der Waals surface area contributed by atoms with Gasteiger partial charge in [-0.1, -0.05) is 0 Å². The Labute approximate surface area is 79.6 Å². The average Bonchev–Trinajstić information content (AvgIpc) is 2.12. The molecule has 5 heteroatoms. The number of hydrogen-bond acceptors (Lipinski definition) is 2. The standard InChI is InChI=1S/C9H9F2NO2/c1-12(2)9(14)7-5(10)3-4-6(13)8(7)11/h3-4,13H,1-2H3. The molecule has 1 amide bonds. The van der Waals surface area contributed by atoms with E-state index in [1.54, 1.807) is 0 Å². The van der Waals surface area contributed by atoms with Crippen molar-refractivity contribution < 1.29 is 18.7 Å². The van der Waals surface area contributed by atoms with E-state index in [4.69, 9.17) is 5.11 Å². The lowest BCUT2D eigenvalue weighted by molar-refractivity contribution is 0.0817. The van der Waals surface area contributed by atoms with Gasteiger partial charge in [0, 0.05) is 14.1 Å². The fourth-order valence-electron chi connectivity index (χ4n) is 0.961. The van der Waals surface area contributed by atoms with Crippen LogP contribution >= 0.6 is 0 Å². The minimum Gasteiger partial charge on any atom is -0.505 e. The van der Waals surface area contributed by atoms with Gasteiger partial charge in [0.1, 0.15) is 11.4 Å². The van der Waals surface area contributed by atoms with Gasteiger partial charge in [-0.3, -0.25) is 4.79 Å². The number of carbonyl (C=O) groups excluding carboxylic acids is 1. The number of nitrogens with zero attached hydrogens (tertiary/aromatic N) is 1. The van der Waals surface area contributed by atoms with E-state index < -0.39 is 28.9 Å². The molecule has 1 aromatic rings. The molecule has 1 N–H and O–H groups in total. The highest BCUT2D eigenvalue weighted by molar-refractivity contribution is 5.94. The second kappa shape index (κ2) is 3.61. The predicted octanol–water partition coefficient (Wildman–Crippen LogP) is 1.37. The third-order valence-corrected chi connectivity index (χ3v) is 1.69.